The second-order valence-electron chi connectivity index (χ2n) is 5.14. The largest absolute Gasteiger partial charge is 0.473 e. The minimum atomic E-state index is -0.417. The standard InChI is InChI=1S/C15H18N2O2.C2H6/c1-11-6-2-3-7-12(11)14-13(16-10-19-14)15(18)17-8-4-5-9-17;1-2/h2-3,6-7,10,13-14H,4-5,8-9H2,1H3;1-2H3/t13-,14?;/m0./s1. The van der Waals surface area contributed by atoms with E-state index < -0.39 is 6.04 Å². The van der Waals surface area contributed by atoms with Crippen molar-refractivity contribution in [2.75, 3.05) is 13.1 Å². The van der Waals surface area contributed by atoms with Crippen LogP contribution >= 0.6 is 0 Å². The molecule has 114 valence electrons. The van der Waals surface area contributed by atoms with Gasteiger partial charge in [-0.25, -0.2) is 4.99 Å². The molecule has 21 heavy (non-hydrogen) atoms. The molecular weight excluding hydrogens is 264 g/mol. The highest BCUT2D eigenvalue weighted by atomic mass is 16.5. The van der Waals surface area contributed by atoms with E-state index in [2.05, 4.69) is 4.99 Å². The van der Waals surface area contributed by atoms with E-state index in [1.807, 2.05) is 49.9 Å². The number of ether oxygens (including phenoxy) is 1. The Hall–Kier alpha value is -1.84. The summed E-state index contributed by atoms with van der Waals surface area (Å²) in [6, 6.07) is 7.60. The number of carbonyl (C=O) groups excluding carboxylic acids is 1. The maximum absolute atomic E-state index is 12.5. The lowest BCUT2D eigenvalue weighted by atomic mass is 9.97. The first-order valence-electron chi connectivity index (χ1n) is 7.79. The molecule has 1 fully saturated rings. The van der Waals surface area contributed by atoms with E-state index >= 15 is 0 Å². The topological polar surface area (TPSA) is 41.9 Å². The number of aliphatic imine (C=N–C) groups is 1. The van der Waals surface area contributed by atoms with Crippen LogP contribution in [0.2, 0.25) is 0 Å². The molecule has 0 bridgehead atoms. The van der Waals surface area contributed by atoms with Gasteiger partial charge >= 0.3 is 0 Å². The van der Waals surface area contributed by atoms with Crippen molar-refractivity contribution in [3.05, 3.63) is 35.4 Å². The zero-order valence-corrected chi connectivity index (χ0v) is 13.1. The van der Waals surface area contributed by atoms with Crippen molar-refractivity contribution in [2.45, 2.75) is 45.8 Å². The monoisotopic (exact) mass is 288 g/mol. The first-order chi connectivity index (χ1) is 10.3. The molecule has 0 spiro atoms. The van der Waals surface area contributed by atoms with Crippen molar-refractivity contribution in [1.29, 1.82) is 0 Å². The van der Waals surface area contributed by atoms with Crippen LogP contribution in [-0.2, 0) is 9.53 Å². The summed E-state index contributed by atoms with van der Waals surface area (Å²) in [5.74, 6) is 0.0968. The molecular formula is C17H24N2O2. The highest BCUT2D eigenvalue weighted by Crippen LogP contribution is 2.30. The molecule has 0 aliphatic carbocycles. The van der Waals surface area contributed by atoms with Gasteiger partial charge in [0.05, 0.1) is 0 Å². The van der Waals surface area contributed by atoms with Crippen molar-refractivity contribution in [1.82, 2.24) is 4.90 Å². The van der Waals surface area contributed by atoms with Gasteiger partial charge in [0.25, 0.3) is 5.91 Å². The van der Waals surface area contributed by atoms with Crippen LogP contribution in [0, 0.1) is 6.92 Å². The van der Waals surface area contributed by atoms with E-state index in [1.165, 1.54) is 6.40 Å². The number of aryl methyl sites for hydroxylation is 1. The fourth-order valence-corrected chi connectivity index (χ4v) is 2.79. The van der Waals surface area contributed by atoms with Gasteiger partial charge in [-0.2, -0.15) is 0 Å². The summed E-state index contributed by atoms with van der Waals surface area (Å²) < 4.78 is 5.57. The van der Waals surface area contributed by atoms with Crippen LogP contribution in [0.3, 0.4) is 0 Å². The van der Waals surface area contributed by atoms with Gasteiger partial charge in [0.2, 0.25) is 0 Å². The first-order valence-corrected chi connectivity index (χ1v) is 7.79. The molecule has 1 unspecified atom stereocenters. The summed E-state index contributed by atoms with van der Waals surface area (Å²) in [7, 11) is 0. The Morgan fingerprint density at radius 2 is 1.90 bits per heavy atom. The molecule has 2 aliphatic rings. The van der Waals surface area contributed by atoms with Crippen molar-refractivity contribution < 1.29 is 9.53 Å². The molecule has 1 saturated heterocycles. The SMILES string of the molecule is CC.Cc1ccccc1C1OC=N[C@@H]1C(=O)N1CCCC1. The summed E-state index contributed by atoms with van der Waals surface area (Å²) in [6.45, 7) is 7.74. The van der Waals surface area contributed by atoms with E-state index in [9.17, 15) is 4.79 Å². The number of nitrogens with zero attached hydrogens (tertiary/aromatic N) is 2. The molecule has 0 saturated carbocycles. The predicted octanol–water partition coefficient (Wildman–Crippen LogP) is 3.11. The second kappa shape index (κ2) is 7.25. The van der Waals surface area contributed by atoms with Gasteiger partial charge in [-0.15, -0.1) is 0 Å². The average molecular weight is 288 g/mol. The summed E-state index contributed by atoms with van der Waals surface area (Å²) in [6.07, 6.45) is 3.35. The van der Waals surface area contributed by atoms with Crippen molar-refractivity contribution in [2.24, 2.45) is 4.99 Å². The van der Waals surface area contributed by atoms with E-state index in [1.54, 1.807) is 0 Å². The smallest absolute Gasteiger partial charge is 0.251 e. The van der Waals surface area contributed by atoms with Gasteiger partial charge < -0.3 is 9.64 Å². The third kappa shape index (κ3) is 3.26. The Morgan fingerprint density at radius 1 is 1.24 bits per heavy atom. The van der Waals surface area contributed by atoms with Gasteiger partial charge in [-0.1, -0.05) is 38.1 Å². The summed E-state index contributed by atoms with van der Waals surface area (Å²) >= 11 is 0. The minimum absolute atomic E-state index is 0.0968. The van der Waals surface area contributed by atoms with E-state index in [4.69, 9.17) is 4.74 Å². The van der Waals surface area contributed by atoms with Crippen LogP contribution in [0.1, 0.15) is 43.9 Å². The number of benzene rings is 1. The quantitative estimate of drug-likeness (QED) is 0.839. The van der Waals surface area contributed by atoms with Crippen LogP contribution in [0.15, 0.2) is 29.3 Å². The lowest BCUT2D eigenvalue weighted by Crippen LogP contribution is -2.38. The molecule has 1 aromatic carbocycles. The average Bonchev–Trinajstić information content (AvgIpc) is 3.21. The number of hydrogen-bond acceptors (Lipinski definition) is 3. The molecule has 4 nitrogen and oxygen atoms in total. The van der Waals surface area contributed by atoms with Gasteiger partial charge in [0.15, 0.2) is 18.5 Å². The Balaban J connectivity index is 0.000000774. The number of amides is 1. The molecule has 2 atom stereocenters. The Morgan fingerprint density at radius 3 is 2.57 bits per heavy atom. The fraction of sp³-hybridized carbons (Fsp3) is 0.529. The molecule has 0 aromatic heterocycles. The van der Waals surface area contributed by atoms with E-state index in [0.717, 1.165) is 37.1 Å². The molecule has 2 aliphatic heterocycles. The van der Waals surface area contributed by atoms with E-state index in [-0.39, 0.29) is 12.0 Å². The third-order valence-electron chi connectivity index (χ3n) is 3.88. The number of likely N-dealkylation sites (tertiary alicyclic amines) is 1. The summed E-state index contributed by atoms with van der Waals surface area (Å²) in [4.78, 5) is 18.6. The van der Waals surface area contributed by atoms with Crippen molar-refractivity contribution in [3.63, 3.8) is 0 Å². The zero-order valence-electron chi connectivity index (χ0n) is 13.1. The molecule has 2 heterocycles. The van der Waals surface area contributed by atoms with Gasteiger partial charge in [-0.3, -0.25) is 4.79 Å². The summed E-state index contributed by atoms with van der Waals surface area (Å²) in [5, 5.41) is 0. The highest BCUT2D eigenvalue weighted by Gasteiger charge is 2.37. The summed E-state index contributed by atoms with van der Waals surface area (Å²) in [5.41, 5.74) is 2.19. The molecule has 1 aromatic rings. The molecule has 1 amide bonds. The number of hydrogen-bond donors (Lipinski definition) is 0. The van der Waals surface area contributed by atoms with Crippen molar-refractivity contribution >= 4 is 12.3 Å². The molecule has 4 heteroatoms. The van der Waals surface area contributed by atoms with Crippen LogP contribution in [0.4, 0.5) is 0 Å². The Labute approximate surface area is 126 Å². The third-order valence-corrected chi connectivity index (χ3v) is 3.88. The van der Waals surface area contributed by atoms with Crippen LogP contribution in [0.25, 0.3) is 0 Å². The second-order valence-corrected chi connectivity index (χ2v) is 5.14. The molecule has 0 radical (unpaired) electrons. The predicted molar refractivity (Wildman–Crippen MR) is 84.4 cm³/mol. The van der Waals surface area contributed by atoms with Gasteiger partial charge in [0, 0.05) is 13.1 Å². The molecule has 0 N–H and O–H groups in total. The van der Waals surface area contributed by atoms with Gasteiger partial charge in [-0.05, 0) is 30.9 Å². The van der Waals surface area contributed by atoms with Crippen LogP contribution < -0.4 is 0 Å². The zero-order chi connectivity index (χ0) is 15.2. The minimum Gasteiger partial charge on any atom is -0.473 e. The maximum atomic E-state index is 12.5. The van der Waals surface area contributed by atoms with Crippen LogP contribution in [-0.4, -0.2) is 36.3 Å². The number of rotatable bonds is 2. The fourth-order valence-electron chi connectivity index (χ4n) is 2.79. The number of carbonyl (C=O) groups is 1. The Bertz CT molecular complexity index is 507. The van der Waals surface area contributed by atoms with Crippen molar-refractivity contribution in [3.8, 4) is 0 Å². The first kappa shape index (κ1) is 15.5. The lowest BCUT2D eigenvalue weighted by molar-refractivity contribution is -0.133. The highest BCUT2D eigenvalue weighted by molar-refractivity contribution is 5.85. The maximum Gasteiger partial charge on any atom is 0.251 e. The lowest BCUT2D eigenvalue weighted by Gasteiger charge is -2.23. The Kier molecular flexibility index (Phi) is 5.37. The normalized spacial score (nSPS) is 23.5. The van der Waals surface area contributed by atoms with E-state index in [0.29, 0.717) is 0 Å². The molecule has 3 rings (SSSR count). The van der Waals surface area contributed by atoms with Gasteiger partial charge in [0.1, 0.15) is 0 Å². The van der Waals surface area contributed by atoms with Crippen LogP contribution in [0.5, 0.6) is 0 Å².